The number of halogens is 2. The molecule has 0 heterocycles. The molecule has 1 unspecified atom stereocenters. The van der Waals surface area contributed by atoms with Gasteiger partial charge in [0.05, 0.1) is 6.04 Å². The van der Waals surface area contributed by atoms with Crippen LogP contribution in [0.4, 0.5) is 8.78 Å². The van der Waals surface area contributed by atoms with Crippen LogP contribution in [0.5, 0.6) is 0 Å². The summed E-state index contributed by atoms with van der Waals surface area (Å²) in [5, 5.41) is 6.31. The first-order valence-corrected chi connectivity index (χ1v) is 7.47. The standard InChI is InChI=1S/C18H21F2N3/c1-12-7-8-15(10-17(12)20)13(2)23-18(21-3)22-11-14-5-4-6-16(19)9-14/h4-10,13H,11H2,1-3H3,(H2,21,22,23). The lowest BCUT2D eigenvalue weighted by molar-refractivity contribution is 0.607. The van der Waals surface area contributed by atoms with Gasteiger partial charge in [-0.3, -0.25) is 4.99 Å². The van der Waals surface area contributed by atoms with Crippen molar-refractivity contribution in [2.45, 2.75) is 26.4 Å². The molecule has 0 spiro atoms. The van der Waals surface area contributed by atoms with Gasteiger partial charge < -0.3 is 10.6 Å². The summed E-state index contributed by atoms with van der Waals surface area (Å²) in [6.45, 7) is 4.11. The minimum Gasteiger partial charge on any atom is -0.352 e. The van der Waals surface area contributed by atoms with Crippen LogP contribution in [-0.4, -0.2) is 13.0 Å². The van der Waals surface area contributed by atoms with Crippen molar-refractivity contribution in [1.29, 1.82) is 0 Å². The molecule has 3 nitrogen and oxygen atoms in total. The maximum atomic E-state index is 13.7. The Hall–Kier alpha value is -2.43. The van der Waals surface area contributed by atoms with Gasteiger partial charge >= 0.3 is 0 Å². The monoisotopic (exact) mass is 317 g/mol. The molecule has 122 valence electrons. The van der Waals surface area contributed by atoms with Crippen molar-refractivity contribution in [2.75, 3.05) is 7.05 Å². The SMILES string of the molecule is CN=C(NCc1cccc(F)c1)NC(C)c1ccc(C)c(F)c1. The van der Waals surface area contributed by atoms with Crippen LogP contribution in [-0.2, 0) is 6.54 Å². The normalized spacial score (nSPS) is 12.8. The maximum absolute atomic E-state index is 13.7. The molecule has 23 heavy (non-hydrogen) atoms. The molecule has 0 saturated carbocycles. The number of hydrogen-bond donors (Lipinski definition) is 2. The molecular formula is C18H21F2N3. The van der Waals surface area contributed by atoms with E-state index in [4.69, 9.17) is 0 Å². The molecule has 2 N–H and O–H groups in total. The van der Waals surface area contributed by atoms with Crippen molar-refractivity contribution in [3.8, 4) is 0 Å². The van der Waals surface area contributed by atoms with Crippen molar-refractivity contribution in [3.05, 3.63) is 70.8 Å². The molecule has 0 bridgehead atoms. The number of aliphatic imine (C=N–C) groups is 1. The fourth-order valence-electron chi connectivity index (χ4n) is 2.19. The van der Waals surface area contributed by atoms with Gasteiger partial charge in [0.15, 0.2) is 5.96 Å². The molecule has 1 atom stereocenters. The number of hydrogen-bond acceptors (Lipinski definition) is 1. The molecule has 0 saturated heterocycles. The Morgan fingerprint density at radius 1 is 1.17 bits per heavy atom. The van der Waals surface area contributed by atoms with Crippen molar-refractivity contribution in [3.63, 3.8) is 0 Å². The maximum Gasteiger partial charge on any atom is 0.191 e. The topological polar surface area (TPSA) is 36.4 Å². The van der Waals surface area contributed by atoms with Gasteiger partial charge in [0.1, 0.15) is 11.6 Å². The molecular weight excluding hydrogens is 296 g/mol. The molecule has 0 aliphatic carbocycles. The number of aryl methyl sites for hydroxylation is 1. The van der Waals surface area contributed by atoms with Crippen LogP contribution in [0.25, 0.3) is 0 Å². The summed E-state index contributed by atoms with van der Waals surface area (Å²) in [5.41, 5.74) is 2.28. The van der Waals surface area contributed by atoms with Gasteiger partial charge in [-0.25, -0.2) is 8.78 Å². The Balaban J connectivity index is 1.97. The van der Waals surface area contributed by atoms with Crippen LogP contribution < -0.4 is 10.6 Å². The van der Waals surface area contributed by atoms with Crippen molar-refractivity contribution in [2.24, 2.45) is 4.99 Å². The van der Waals surface area contributed by atoms with E-state index in [2.05, 4.69) is 15.6 Å². The predicted octanol–water partition coefficient (Wildman–Crippen LogP) is 3.70. The predicted molar refractivity (Wildman–Crippen MR) is 89.3 cm³/mol. The zero-order valence-electron chi connectivity index (χ0n) is 13.5. The van der Waals surface area contributed by atoms with Crippen LogP contribution in [0.1, 0.15) is 29.7 Å². The van der Waals surface area contributed by atoms with Crippen LogP contribution in [0.3, 0.4) is 0 Å². The number of nitrogens with one attached hydrogen (secondary N) is 2. The van der Waals surface area contributed by atoms with Gasteiger partial charge in [-0.05, 0) is 48.7 Å². The van der Waals surface area contributed by atoms with Crippen LogP contribution in [0.2, 0.25) is 0 Å². The first-order valence-electron chi connectivity index (χ1n) is 7.47. The fourth-order valence-corrected chi connectivity index (χ4v) is 2.19. The zero-order chi connectivity index (χ0) is 16.8. The van der Waals surface area contributed by atoms with E-state index in [-0.39, 0.29) is 17.7 Å². The largest absolute Gasteiger partial charge is 0.352 e. The second-order valence-electron chi connectivity index (χ2n) is 5.43. The number of rotatable bonds is 4. The summed E-state index contributed by atoms with van der Waals surface area (Å²) < 4.78 is 26.8. The summed E-state index contributed by atoms with van der Waals surface area (Å²) in [7, 11) is 1.66. The lowest BCUT2D eigenvalue weighted by Crippen LogP contribution is -2.38. The van der Waals surface area contributed by atoms with Gasteiger partial charge in [-0.1, -0.05) is 24.3 Å². The van der Waals surface area contributed by atoms with Gasteiger partial charge in [0.2, 0.25) is 0 Å². The molecule has 0 aliphatic rings. The highest BCUT2D eigenvalue weighted by atomic mass is 19.1. The van der Waals surface area contributed by atoms with Gasteiger partial charge in [0.25, 0.3) is 0 Å². The van der Waals surface area contributed by atoms with Crippen molar-refractivity contribution < 1.29 is 8.78 Å². The fraction of sp³-hybridized carbons (Fsp3) is 0.278. The van der Waals surface area contributed by atoms with Gasteiger partial charge in [0, 0.05) is 13.6 Å². The van der Waals surface area contributed by atoms with Crippen molar-refractivity contribution in [1.82, 2.24) is 10.6 Å². The smallest absolute Gasteiger partial charge is 0.191 e. The minimum absolute atomic E-state index is 0.108. The Labute approximate surface area is 135 Å². The van der Waals surface area contributed by atoms with Crippen LogP contribution >= 0.6 is 0 Å². The molecule has 2 rings (SSSR count). The third kappa shape index (κ3) is 4.77. The summed E-state index contributed by atoms with van der Waals surface area (Å²) in [5.74, 6) is 0.0809. The zero-order valence-corrected chi connectivity index (χ0v) is 13.5. The second-order valence-corrected chi connectivity index (χ2v) is 5.43. The Bertz CT molecular complexity index is 698. The molecule has 0 amide bonds. The molecule has 2 aromatic rings. The number of nitrogens with zero attached hydrogens (tertiary/aromatic N) is 1. The van der Waals surface area contributed by atoms with Gasteiger partial charge in [-0.2, -0.15) is 0 Å². The molecule has 0 aliphatic heterocycles. The van der Waals surface area contributed by atoms with Gasteiger partial charge in [-0.15, -0.1) is 0 Å². The molecule has 2 aromatic carbocycles. The second kappa shape index (κ2) is 7.72. The summed E-state index contributed by atoms with van der Waals surface area (Å²) in [6, 6.07) is 11.4. The highest BCUT2D eigenvalue weighted by molar-refractivity contribution is 5.80. The van der Waals surface area contributed by atoms with Crippen LogP contribution in [0.15, 0.2) is 47.5 Å². The summed E-state index contributed by atoms with van der Waals surface area (Å²) in [4.78, 5) is 4.14. The lowest BCUT2D eigenvalue weighted by atomic mass is 10.1. The van der Waals surface area contributed by atoms with Crippen molar-refractivity contribution >= 4 is 5.96 Å². The van der Waals surface area contributed by atoms with E-state index in [9.17, 15) is 8.78 Å². The van der Waals surface area contributed by atoms with E-state index < -0.39 is 0 Å². The Kier molecular flexibility index (Phi) is 5.68. The highest BCUT2D eigenvalue weighted by Crippen LogP contribution is 2.16. The van der Waals surface area contributed by atoms with E-state index in [1.165, 1.54) is 18.2 Å². The average molecular weight is 317 g/mol. The van der Waals surface area contributed by atoms with Crippen LogP contribution in [0, 0.1) is 18.6 Å². The lowest BCUT2D eigenvalue weighted by Gasteiger charge is -2.18. The number of benzene rings is 2. The molecule has 5 heteroatoms. The quantitative estimate of drug-likeness (QED) is 0.666. The molecule has 0 aromatic heterocycles. The minimum atomic E-state index is -0.268. The third-order valence-electron chi connectivity index (χ3n) is 3.62. The first kappa shape index (κ1) is 16.9. The summed E-state index contributed by atoms with van der Waals surface area (Å²) in [6.07, 6.45) is 0. The molecule has 0 fully saturated rings. The highest BCUT2D eigenvalue weighted by Gasteiger charge is 2.09. The first-order chi connectivity index (χ1) is 11.0. The average Bonchev–Trinajstić information content (AvgIpc) is 2.53. The third-order valence-corrected chi connectivity index (χ3v) is 3.62. The Morgan fingerprint density at radius 2 is 1.96 bits per heavy atom. The van der Waals surface area contributed by atoms with E-state index in [1.54, 1.807) is 26.1 Å². The van der Waals surface area contributed by atoms with E-state index >= 15 is 0 Å². The number of guanidine groups is 1. The van der Waals surface area contributed by atoms with E-state index in [1.807, 2.05) is 19.1 Å². The van der Waals surface area contributed by atoms with E-state index in [0.29, 0.717) is 18.1 Å². The summed E-state index contributed by atoms with van der Waals surface area (Å²) >= 11 is 0. The molecule has 0 radical (unpaired) electrons. The Morgan fingerprint density at radius 3 is 2.61 bits per heavy atom. The van der Waals surface area contributed by atoms with E-state index in [0.717, 1.165) is 11.1 Å².